The zero-order valence-corrected chi connectivity index (χ0v) is 16.8. The lowest BCUT2D eigenvalue weighted by molar-refractivity contribution is 0.0679. The summed E-state index contributed by atoms with van der Waals surface area (Å²) in [5.74, 6) is 0.337. The largest absolute Gasteiger partial charge is 0.491 e. The van der Waals surface area contributed by atoms with Gasteiger partial charge in [0.1, 0.15) is 12.4 Å². The van der Waals surface area contributed by atoms with Gasteiger partial charge in [-0.1, -0.05) is 19.4 Å². The molecule has 0 aromatic heterocycles. The molecule has 2 aromatic carbocycles. The Morgan fingerprint density at radius 2 is 1.93 bits per heavy atom. The number of ether oxygens (including phenoxy) is 2. The molecule has 0 unspecified atom stereocenters. The number of benzene rings is 2. The molecule has 1 atom stereocenters. The van der Waals surface area contributed by atoms with Crippen molar-refractivity contribution in [3.8, 4) is 5.75 Å². The SMILES string of the molecule is CCCCNC(=O)c1cccc(NC(=O)c2ccc(OC[C@@H]3CCCO3)cc2)c1. The number of nitrogens with one attached hydrogen (secondary N) is 2. The molecule has 1 fully saturated rings. The summed E-state index contributed by atoms with van der Waals surface area (Å²) in [6.07, 6.45) is 4.22. The molecule has 1 heterocycles. The first kappa shape index (κ1) is 20.9. The molecule has 1 saturated heterocycles. The third-order valence-electron chi connectivity index (χ3n) is 4.77. The highest BCUT2D eigenvalue weighted by Crippen LogP contribution is 2.18. The van der Waals surface area contributed by atoms with Crippen molar-refractivity contribution in [3.05, 3.63) is 59.7 Å². The van der Waals surface area contributed by atoms with Crippen LogP contribution in [0.25, 0.3) is 0 Å². The van der Waals surface area contributed by atoms with E-state index in [2.05, 4.69) is 17.6 Å². The second-order valence-electron chi connectivity index (χ2n) is 7.11. The lowest BCUT2D eigenvalue weighted by Crippen LogP contribution is -2.24. The lowest BCUT2D eigenvalue weighted by atomic mass is 10.1. The molecule has 0 spiro atoms. The monoisotopic (exact) mass is 396 g/mol. The quantitative estimate of drug-likeness (QED) is 0.628. The molecule has 6 nitrogen and oxygen atoms in total. The van der Waals surface area contributed by atoms with Crippen LogP contribution in [0.15, 0.2) is 48.5 Å². The number of rotatable bonds is 9. The van der Waals surface area contributed by atoms with E-state index in [0.29, 0.717) is 35.7 Å². The summed E-state index contributed by atoms with van der Waals surface area (Å²) in [7, 11) is 0. The van der Waals surface area contributed by atoms with Gasteiger partial charge >= 0.3 is 0 Å². The Morgan fingerprint density at radius 1 is 1.10 bits per heavy atom. The van der Waals surface area contributed by atoms with Crippen LogP contribution >= 0.6 is 0 Å². The first-order valence-electron chi connectivity index (χ1n) is 10.2. The first-order valence-corrected chi connectivity index (χ1v) is 10.2. The van der Waals surface area contributed by atoms with Crippen LogP contribution in [-0.4, -0.2) is 37.7 Å². The number of unbranched alkanes of at least 4 members (excludes halogenated alkanes) is 1. The molecule has 154 valence electrons. The second kappa shape index (κ2) is 10.6. The molecule has 1 aliphatic heterocycles. The van der Waals surface area contributed by atoms with Crippen LogP contribution in [0.2, 0.25) is 0 Å². The maximum Gasteiger partial charge on any atom is 0.255 e. The summed E-state index contributed by atoms with van der Waals surface area (Å²) in [6, 6.07) is 13.9. The minimum atomic E-state index is -0.237. The van der Waals surface area contributed by atoms with Crippen LogP contribution in [0.1, 0.15) is 53.3 Å². The van der Waals surface area contributed by atoms with Crippen LogP contribution in [0.5, 0.6) is 5.75 Å². The number of anilines is 1. The smallest absolute Gasteiger partial charge is 0.255 e. The van der Waals surface area contributed by atoms with Crippen molar-refractivity contribution in [2.45, 2.75) is 38.7 Å². The van der Waals surface area contributed by atoms with E-state index >= 15 is 0 Å². The van der Waals surface area contributed by atoms with Crippen LogP contribution in [0.3, 0.4) is 0 Å². The van der Waals surface area contributed by atoms with E-state index in [1.165, 1.54) is 0 Å². The Hall–Kier alpha value is -2.86. The highest BCUT2D eigenvalue weighted by Gasteiger charge is 2.16. The molecule has 3 rings (SSSR count). The van der Waals surface area contributed by atoms with Crippen LogP contribution in [0, 0.1) is 0 Å². The number of amides is 2. The number of carbonyl (C=O) groups is 2. The van der Waals surface area contributed by atoms with Gasteiger partial charge < -0.3 is 20.1 Å². The van der Waals surface area contributed by atoms with Gasteiger partial charge in [0.2, 0.25) is 0 Å². The molecular formula is C23H28N2O4. The van der Waals surface area contributed by atoms with E-state index in [1.807, 2.05) is 0 Å². The second-order valence-corrected chi connectivity index (χ2v) is 7.11. The Morgan fingerprint density at radius 3 is 2.66 bits per heavy atom. The van der Waals surface area contributed by atoms with Gasteiger partial charge in [-0.25, -0.2) is 0 Å². The summed E-state index contributed by atoms with van der Waals surface area (Å²) < 4.78 is 11.3. The van der Waals surface area contributed by atoms with Crippen molar-refractivity contribution in [1.82, 2.24) is 5.32 Å². The van der Waals surface area contributed by atoms with Gasteiger partial charge in [-0.3, -0.25) is 9.59 Å². The van der Waals surface area contributed by atoms with Gasteiger partial charge in [0.05, 0.1) is 6.10 Å². The van der Waals surface area contributed by atoms with Gasteiger partial charge in [0, 0.05) is 30.0 Å². The first-order chi connectivity index (χ1) is 14.2. The Labute approximate surface area is 171 Å². The highest BCUT2D eigenvalue weighted by atomic mass is 16.5. The predicted molar refractivity (Wildman–Crippen MR) is 113 cm³/mol. The molecule has 0 radical (unpaired) electrons. The van der Waals surface area contributed by atoms with Gasteiger partial charge in [-0.2, -0.15) is 0 Å². The topological polar surface area (TPSA) is 76.7 Å². The molecule has 2 N–H and O–H groups in total. The van der Waals surface area contributed by atoms with Gasteiger partial charge in [-0.15, -0.1) is 0 Å². The number of carbonyl (C=O) groups excluding carboxylic acids is 2. The summed E-state index contributed by atoms with van der Waals surface area (Å²) in [6.45, 7) is 4.05. The van der Waals surface area contributed by atoms with Gasteiger partial charge in [0.15, 0.2) is 0 Å². The average molecular weight is 396 g/mol. The van der Waals surface area contributed by atoms with Gasteiger partial charge in [0.25, 0.3) is 11.8 Å². The number of hydrogen-bond donors (Lipinski definition) is 2. The van der Waals surface area contributed by atoms with E-state index in [-0.39, 0.29) is 17.9 Å². The molecule has 29 heavy (non-hydrogen) atoms. The van der Waals surface area contributed by atoms with Gasteiger partial charge in [-0.05, 0) is 61.7 Å². The van der Waals surface area contributed by atoms with E-state index in [0.717, 1.165) is 32.3 Å². The maximum absolute atomic E-state index is 12.5. The molecule has 2 aromatic rings. The van der Waals surface area contributed by atoms with Crippen LogP contribution < -0.4 is 15.4 Å². The summed E-state index contributed by atoms with van der Waals surface area (Å²) in [5, 5.41) is 5.71. The highest BCUT2D eigenvalue weighted by molar-refractivity contribution is 6.05. The van der Waals surface area contributed by atoms with E-state index in [1.54, 1.807) is 48.5 Å². The fraction of sp³-hybridized carbons (Fsp3) is 0.391. The van der Waals surface area contributed by atoms with Crippen LogP contribution in [0.4, 0.5) is 5.69 Å². The zero-order chi connectivity index (χ0) is 20.5. The van der Waals surface area contributed by atoms with Crippen molar-refractivity contribution in [3.63, 3.8) is 0 Å². The fourth-order valence-corrected chi connectivity index (χ4v) is 3.09. The Kier molecular flexibility index (Phi) is 7.64. The van der Waals surface area contributed by atoms with Crippen molar-refractivity contribution in [1.29, 1.82) is 0 Å². The molecule has 1 aliphatic rings. The third-order valence-corrected chi connectivity index (χ3v) is 4.77. The average Bonchev–Trinajstić information content (AvgIpc) is 3.26. The number of hydrogen-bond acceptors (Lipinski definition) is 4. The minimum absolute atomic E-state index is 0.137. The standard InChI is InChI=1S/C23H28N2O4/c1-2-3-13-24-22(26)18-6-4-7-19(15-18)25-23(27)17-9-11-20(12-10-17)29-16-21-8-5-14-28-21/h4,6-7,9-12,15,21H,2-3,5,8,13-14,16H2,1H3,(H,24,26)(H,25,27)/t21-/m0/s1. The molecular weight excluding hydrogens is 368 g/mol. The van der Waals surface area contributed by atoms with E-state index < -0.39 is 0 Å². The fourth-order valence-electron chi connectivity index (χ4n) is 3.09. The molecule has 0 bridgehead atoms. The maximum atomic E-state index is 12.5. The van der Waals surface area contributed by atoms with Crippen molar-refractivity contribution >= 4 is 17.5 Å². The van der Waals surface area contributed by atoms with Crippen molar-refractivity contribution in [2.24, 2.45) is 0 Å². The minimum Gasteiger partial charge on any atom is -0.491 e. The third kappa shape index (κ3) is 6.32. The van der Waals surface area contributed by atoms with E-state index in [4.69, 9.17) is 9.47 Å². The Bertz CT molecular complexity index is 814. The molecule has 0 saturated carbocycles. The normalized spacial score (nSPS) is 15.7. The van der Waals surface area contributed by atoms with Crippen molar-refractivity contribution in [2.75, 3.05) is 25.1 Å². The molecule has 2 amide bonds. The zero-order valence-electron chi connectivity index (χ0n) is 16.8. The molecule has 0 aliphatic carbocycles. The molecule has 6 heteroatoms. The summed E-state index contributed by atoms with van der Waals surface area (Å²) >= 11 is 0. The predicted octanol–water partition coefficient (Wildman–Crippen LogP) is 4.03. The van der Waals surface area contributed by atoms with E-state index in [9.17, 15) is 9.59 Å². The van der Waals surface area contributed by atoms with Crippen LogP contribution in [-0.2, 0) is 4.74 Å². The van der Waals surface area contributed by atoms with Crippen molar-refractivity contribution < 1.29 is 19.1 Å². The Balaban J connectivity index is 1.54. The lowest BCUT2D eigenvalue weighted by Gasteiger charge is -2.12. The summed E-state index contributed by atoms with van der Waals surface area (Å²) in [4.78, 5) is 24.7. The summed E-state index contributed by atoms with van der Waals surface area (Å²) in [5.41, 5.74) is 1.63.